The lowest BCUT2D eigenvalue weighted by molar-refractivity contribution is 0.283. The van der Waals surface area contributed by atoms with Crippen LogP contribution in [0.5, 0.6) is 5.75 Å². The van der Waals surface area contributed by atoms with Gasteiger partial charge in [0, 0.05) is 12.5 Å². The first-order chi connectivity index (χ1) is 9.92. The van der Waals surface area contributed by atoms with E-state index in [1.165, 1.54) is 61.9 Å². The molecule has 4 rings (SSSR count). The van der Waals surface area contributed by atoms with Crippen molar-refractivity contribution in [2.75, 3.05) is 13.2 Å². The van der Waals surface area contributed by atoms with E-state index in [-0.39, 0.29) is 0 Å². The van der Waals surface area contributed by atoms with Gasteiger partial charge in [-0.05, 0) is 55.2 Å². The molecule has 2 fully saturated rings. The van der Waals surface area contributed by atoms with Crippen LogP contribution in [0.4, 0.5) is 0 Å². The van der Waals surface area contributed by atoms with Crippen LogP contribution in [0.25, 0.3) is 0 Å². The first-order valence-corrected chi connectivity index (χ1v) is 8.40. The first-order valence-electron chi connectivity index (χ1n) is 8.40. The summed E-state index contributed by atoms with van der Waals surface area (Å²) in [4.78, 5) is 0. The number of rotatable bonds is 4. The molecule has 3 aliphatic rings. The third-order valence-electron chi connectivity index (χ3n) is 5.30. The van der Waals surface area contributed by atoms with Crippen LogP contribution >= 0.6 is 0 Å². The van der Waals surface area contributed by atoms with E-state index in [1.54, 1.807) is 0 Å². The molecule has 2 heteroatoms. The highest BCUT2D eigenvalue weighted by atomic mass is 16.5. The predicted molar refractivity (Wildman–Crippen MR) is 81.4 cm³/mol. The monoisotopic (exact) mass is 271 g/mol. The van der Waals surface area contributed by atoms with Gasteiger partial charge in [-0.25, -0.2) is 0 Å². The Labute approximate surface area is 121 Å². The second-order valence-corrected chi connectivity index (χ2v) is 6.77. The molecule has 2 unspecified atom stereocenters. The third-order valence-corrected chi connectivity index (χ3v) is 5.30. The molecule has 0 amide bonds. The molecular weight excluding hydrogens is 246 g/mol. The summed E-state index contributed by atoms with van der Waals surface area (Å²) in [7, 11) is 0. The van der Waals surface area contributed by atoms with Gasteiger partial charge in [0.1, 0.15) is 5.75 Å². The highest BCUT2D eigenvalue weighted by Gasteiger charge is 2.31. The van der Waals surface area contributed by atoms with Crippen LogP contribution < -0.4 is 10.1 Å². The van der Waals surface area contributed by atoms with Gasteiger partial charge in [0.2, 0.25) is 0 Å². The number of hydrogen-bond donors (Lipinski definition) is 1. The largest absolute Gasteiger partial charge is 0.493 e. The van der Waals surface area contributed by atoms with Crippen LogP contribution in [0, 0.1) is 5.92 Å². The second kappa shape index (κ2) is 5.40. The van der Waals surface area contributed by atoms with E-state index in [4.69, 9.17) is 4.74 Å². The zero-order valence-corrected chi connectivity index (χ0v) is 12.2. The zero-order valence-electron chi connectivity index (χ0n) is 12.2. The van der Waals surface area contributed by atoms with Crippen LogP contribution in [0.2, 0.25) is 0 Å². The summed E-state index contributed by atoms with van der Waals surface area (Å²) >= 11 is 0. The van der Waals surface area contributed by atoms with Crippen molar-refractivity contribution in [1.82, 2.24) is 5.32 Å². The molecule has 2 aliphatic carbocycles. The Kier molecular flexibility index (Phi) is 3.43. The van der Waals surface area contributed by atoms with Gasteiger partial charge in [0.15, 0.2) is 0 Å². The smallest absolute Gasteiger partial charge is 0.126 e. The van der Waals surface area contributed by atoms with Gasteiger partial charge in [-0.2, -0.15) is 0 Å². The van der Waals surface area contributed by atoms with Gasteiger partial charge >= 0.3 is 0 Å². The molecule has 2 atom stereocenters. The van der Waals surface area contributed by atoms with E-state index in [0.717, 1.165) is 25.0 Å². The summed E-state index contributed by atoms with van der Waals surface area (Å²) in [5.41, 5.74) is 2.93. The fraction of sp³-hybridized carbons (Fsp3) is 0.667. The molecule has 1 heterocycles. The van der Waals surface area contributed by atoms with E-state index in [1.807, 2.05) is 0 Å². The molecule has 1 aromatic rings. The summed E-state index contributed by atoms with van der Waals surface area (Å²) < 4.78 is 5.95. The van der Waals surface area contributed by atoms with Crippen molar-refractivity contribution in [3.05, 3.63) is 29.3 Å². The van der Waals surface area contributed by atoms with Crippen LogP contribution in [-0.2, 0) is 6.42 Å². The maximum Gasteiger partial charge on any atom is 0.126 e. The summed E-state index contributed by atoms with van der Waals surface area (Å²) in [6, 6.07) is 7.63. The van der Waals surface area contributed by atoms with E-state index < -0.39 is 0 Å². The molecular formula is C18H25NO. The van der Waals surface area contributed by atoms with Crippen molar-refractivity contribution in [2.45, 2.75) is 56.9 Å². The lowest BCUT2D eigenvalue weighted by atomic mass is 9.75. The number of nitrogens with one attached hydrogen (secondary N) is 1. The normalized spacial score (nSPS) is 29.0. The number of para-hydroxylation sites is 1. The van der Waals surface area contributed by atoms with Crippen molar-refractivity contribution in [3.63, 3.8) is 0 Å². The lowest BCUT2D eigenvalue weighted by Crippen LogP contribution is -2.30. The van der Waals surface area contributed by atoms with Gasteiger partial charge in [-0.3, -0.25) is 0 Å². The van der Waals surface area contributed by atoms with Crippen molar-refractivity contribution in [3.8, 4) is 5.75 Å². The standard InChI is InChI=1S/C18H25NO/c1-2-6-16(14(4-1)12-19-15-8-9-15)17-7-3-5-13-10-11-20-18(13)17/h3,5,7,14-16,19H,1-2,4,6,8-12H2. The van der Waals surface area contributed by atoms with Crippen LogP contribution in [0.3, 0.4) is 0 Å². The topological polar surface area (TPSA) is 21.3 Å². The second-order valence-electron chi connectivity index (χ2n) is 6.77. The number of benzene rings is 1. The minimum atomic E-state index is 0.711. The van der Waals surface area contributed by atoms with Crippen LogP contribution in [-0.4, -0.2) is 19.2 Å². The van der Waals surface area contributed by atoms with Crippen molar-refractivity contribution in [2.24, 2.45) is 5.92 Å². The summed E-state index contributed by atoms with van der Waals surface area (Å²) in [6.07, 6.45) is 9.39. The Hall–Kier alpha value is -1.02. The highest BCUT2D eigenvalue weighted by Crippen LogP contribution is 2.44. The molecule has 0 spiro atoms. The van der Waals surface area contributed by atoms with E-state index in [9.17, 15) is 0 Å². The number of fused-ring (bicyclic) bond motifs is 1. The van der Waals surface area contributed by atoms with Crippen molar-refractivity contribution in [1.29, 1.82) is 0 Å². The average molecular weight is 271 g/mol. The molecule has 0 radical (unpaired) electrons. The van der Waals surface area contributed by atoms with Crippen LogP contribution in [0.1, 0.15) is 55.6 Å². The van der Waals surface area contributed by atoms with Gasteiger partial charge in [-0.15, -0.1) is 0 Å². The minimum absolute atomic E-state index is 0.711. The highest BCUT2D eigenvalue weighted by molar-refractivity contribution is 5.46. The maximum atomic E-state index is 5.95. The van der Waals surface area contributed by atoms with Crippen molar-refractivity contribution < 1.29 is 4.74 Å². The molecule has 2 nitrogen and oxygen atoms in total. The van der Waals surface area contributed by atoms with Gasteiger partial charge in [0.25, 0.3) is 0 Å². The molecule has 2 saturated carbocycles. The third kappa shape index (κ3) is 2.46. The molecule has 1 aliphatic heterocycles. The summed E-state index contributed by atoms with van der Waals surface area (Å²) in [6.45, 7) is 2.09. The Bertz CT molecular complexity index is 480. The quantitative estimate of drug-likeness (QED) is 0.902. The summed E-state index contributed by atoms with van der Waals surface area (Å²) in [5, 5.41) is 3.75. The fourth-order valence-electron chi connectivity index (χ4n) is 4.00. The molecule has 20 heavy (non-hydrogen) atoms. The van der Waals surface area contributed by atoms with Crippen molar-refractivity contribution >= 4 is 0 Å². The number of hydrogen-bond acceptors (Lipinski definition) is 2. The van der Waals surface area contributed by atoms with E-state index >= 15 is 0 Å². The lowest BCUT2D eigenvalue weighted by Gasteiger charge is -2.33. The molecule has 1 aromatic carbocycles. The maximum absolute atomic E-state index is 5.95. The van der Waals surface area contributed by atoms with Gasteiger partial charge in [0.05, 0.1) is 6.61 Å². The van der Waals surface area contributed by atoms with Gasteiger partial charge < -0.3 is 10.1 Å². The Balaban J connectivity index is 1.56. The molecule has 0 saturated heterocycles. The fourth-order valence-corrected chi connectivity index (χ4v) is 4.00. The summed E-state index contributed by atoms with van der Waals surface area (Å²) in [5.74, 6) is 2.75. The zero-order chi connectivity index (χ0) is 13.4. The SMILES string of the molecule is c1cc2c(c(C3CCCCC3CNC3CC3)c1)OCC2. The molecule has 0 aromatic heterocycles. The number of ether oxygens (including phenoxy) is 1. The van der Waals surface area contributed by atoms with E-state index in [2.05, 4.69) is 23.5 Å². The average Bonchev–Trinajstić information content (AvgIpc) is 3.20. The molecule has 0 bridgehead atoms. The first kappa shape index (κ1) is 12.7. The van der Waals surface area contributed by atoms with Gasteiger partial charge in [-0.1, -0.05) is 31.0 Å². The Morgan fingerprint density at radius 3 is 2.90 bits per heavy atom. The minimum Gasteiger partial charge on any atom is -0.493 e. The predicted octanol–water partition coefficient (Wildman–Crippen LogP) is 3.65. The van der Waals surface area contributed by atoms with E-state index in [0.29, 0.717) is 5.92 Å². The Morgan fingerprint density at radius 2 is 2.00 bits per heavy atom. The molecule has 108 valence electrons. The molecule has 1 N–H and O–H groups in total. The van der Waals surface area contributed by atoms with Crippen LogP contribution in [0.15, 0.2) is 18.2 Å². The Morgan fingerprint density at radius 1 is 1.10 bits per heavy atom.